The molecule has 22 heavy (non-hydrogen) atoms. The first-order valence-corrected chi connectivity index (χ1v) is 7.89. The van der Waals surface area contributed by atoms with Gasteiger partial charge in [-0.1, -0.05) is 33.3 Å². The van der Waals surface area contributed by atoms with Gasteiger partial charge in [0.15, 0.2) is 0 Å². The summed E-state index contributed by atoms with van der Waals surface area (Å²) in [4.78, 5) is 11.2. The predicted octanol–water partition coefficient (Wildman–Crippen LogP) is 4.85. The lowest BCUT2D eigenvalue weighted by atomic mass is 9.77. The maximum Gasteiger partial charge on any atom is 0.506 e. The molecule has 0 unspecified atom stereocenters. The zero-order valence-corrected chi connectivity index (χ0v) is 13.9. The highest BCUT2D eigenvalue weighted by molar-refractivity contribution is 5.58. The van der Waals surface area contributed by atoms with Gasteiger partial charge in [-0.15, -0.1) is 0 Å². The quantitative estimate of drug-likeness (QED) is 0.811. The van der Waals surface area contributed by atoms with E-state index in [9.17, 15) is 9.90 Å². The Morgan fingerprint density at radius 3 is 2.27 bits per heavy atom. The standard InChI is InChI=1S/C18H26O4/c1-17(2,3)13-10-14(12-15(11-13)21-4)18(22-16(19)20)8-6-5-7-9-18/h10-12H,5-9H2,1-4H3,(H,19,20). The molecule has 1 aliphatic carbocycles. The molecule has 1 N–H and O–H groups in total. The van der Waals surface area contributed by atoms with Gasteiger partial charge in [0.1, 0.15) is 11.4 Å². The molecular weight excluding hydrogens is 280 g/mol. The monoisotopic (exact) mass is 306 g/mol. The SMILES string of the molecule is COc1cc(C(C)(C)C)cc(C2(OC(=O)O)CCCCC2)c1. The third-order valence-corrected chi connectivity index (χ3v) is 4.48. The number of carboxylic acid groups (broad SMARTS) is 1. The molecule has 2 rings (SSSR count). The Morgan fingerprint density at radius 1 is 1.14 bits per heavy atom. The molecule has 1 aliphatic rings. The van der Waals surface area contributed by atoms with Crippen molar-refractivity contribution in [3.8, 4) is 5.75 Å². The fourth-order valence-electron chi connectivity index (χ4n) is 3.15. The lowest BCUT2D eigenvalue weighted by Crippen LogP contribution is -2.34. The van der Waals surface area contributed by atoms with Crippen LogP contribution in [0, 0.1) is 0 Å². The van der Waals surface area contributed by atoms with Crippen LogP contribution in [0.25, 0.3) is 0 Å². The van der Waals surface area contributed by atoms with Crippen molar-refractivity contribution in [1.29, 1.82) is 0 Å². The van der Waals surface area contributed by atoms with Gasteiger partial charge < -0.3 is 14.6 Å². The van der Waals surface area contributed by atoms with Gasteiger partial charge >= 0.3 is 6.16 Å². The highest BCUT2D eigenvalue weighted by Gasteiger charge is 2.39. The van der Waals surface area contributed by atoms with Gasteiger partial charge in [-0.05, 0) is 54.4 Å². The molecule has 1 aromatic carbocycles. The summed E-state index contributed by atoms with van der Waals surface area (Å²) < 4.78 is 10.8. The van der Waals surface area contributed by atoms with Crippen molar-refractivity contribution in [2.24, 2.45) is 0 Å². The topological polar surface area (TPSA) is 55.8 Å². The molecule has 0 spiro atoms. The van der Waals surface area contributed by atoms with Gasteiger partial charge in [0, 0.05) is 0 Å². The van der Waals surface area contributed by atoms with Crippen molar-refractivity contribution < 1.29 is 19.4 Å². The van der Waals surface area contributed by atoms with E-state index in [0.717, 1.165) is 49.0 Å². The van der Waals surface area contributed by atoms with Crippen molar-refractivity contribution in [3.05, 3.63) is 29.3 Å². The van der Waals surface area contributed by atoms with Gasteiger partial charge in [0.25, 0.3) is 0 Å². The number of hydrogen-bond donors (Lipinski definition) is 1. The molecule has 0 saturated heterocycles. The number of hydrogen-bond acceptors (Lipinski definition) is 3. The van der Waals surface area contributed by atoms with Gasteiger partial charge in [-0.2, -0.15) is 0 Å². The van der Waals surface area contributed by atoms with Gasteiger partial charge in [-0.3, -0.25) is 0 Å². The number of methoxy groups -OCH3 is 1. The molecule has 1 fully saturated rings. The van der Waals surface area contributed by atoms with E-state index in [1.165, 1.54) is 0 Å². The molecule has 4 heteroatoms. The second-order valence-corrected chi connectivity index (χ2v) is 7.12. The number of carbonyl (C=O) groups is 1. The second kappa shape index (κ2) is 6.19. The Morgan fingerprint density at radius 2 is 1.77 bits per heavy atom. The Hall–Kier alpha value is -1.71. The zero-order valence-electron chi connectivity index (χ0n) is 13.9. The summed E-state index contributed by atoms with van der Waals surface area (Å²) >= 11 is 0. The molecule has 0 aliphatic heterocycles. The lowest BCUT2D eigenvalue weighted by molar-refractivity contribution is -0.0462. The molecule has 0 heterocycles. The second-order valence-electron chi connectivity index (χ2n) is 7.12. The minimum atomic E-state index is -1.21. The van der Waals surface area contributed by atoms with Crippen molar-refractivity contribution in [2.75, 3.05) is 7.11 Å². The average molecular weight is 306 g/mol. The van der Waals surface area contributed by atoms with Crippen molar-refractivity contribution in [3.63, 3.8) is 0 Å². The van der Waals surface area contributed by atoms with Crippen molar-refractivity contribution >= 4 is 6.16 Å². The van der Waals surface area contributed by atoms with Gasteiger partial charge in [-0.25, -0.2) is 4.79 Å². The van der Waals surface area contributed by atoms with Crippen LogP contribution in [-0.2, 0) is 15.8 Å². The number of ether oxygens (including phenoxy) is 2. The first kappa shape index (κ1) is 16.7. The van der Waals surface area contributed by atoms with E-state index in [1.807, 2.05) is 12.1 Å². The Labute approximate surface area is 132 Å². The Bertz CT molecular complexity index is 537. The Kier molecular flexibility index (Phi) is 4.69. The van der Waals surface area contributed by atoms with Crippen LogP contribution in [-0.4, -0.2) is 18.4 Å². The molecular formula is C18H26O4. The highest BCUT2D eigenvalue weighted by Crippen LogP contribution is 2.43. The highest BCUT2D eigenvalue weighted by atomic mass is 16.7. The molecule has 0 radical (unpaired) electrons. The minimum absolute atomic E-state index is 0.0393. The number of rotatable bonds is 3. The third kappa shape index (κ3) is 3.54. The van der Waals surface area contributed by atoms with E-state index in [4.69, 9.17) is 9.47 Å². The first-order chi connectivity index (χ1) is 10.3. The summed E-state index contributed by atoms with van der Waals surface area (Å²) in [5.41, 5.74) is 1.26. The van der Waals surface area contributed by atoms with Crippen LogP contribution in [0.3, 0.4) is 0 Å². The van der Waals surface area contributed by atoms with Gasteiger partial charge in [0.2, 0.25) is 0 Å². The van der Waals surface area contributed by atoms with Crippen LogP contribution in [0.4, 0.5) is 4.79 Å². The van der Waals surface area contributed by atoms with E-state index in [0.29, 0.717) is 0 Å². The zero-order chi connectivity index (χ0) is 16.4. The van der Waals surface area contributed by atoms with E-state index < -0.39 is 11.8 Å². The fourth-order valence-corrected chi connectivity index (χ4v) is 3.15. The van der Waals surface area contributed by atoms with E-state index in [-0.39, 0.29) is 5.41 Å². The van der Waals surface area contributed by atoms with Crippen LogP contribution in [0.1, 0.15) is 64.0 Å². The number of benzene rings is 1. The Balaban J connectivity index is 2.52. The summed E-state index contributed by atoms with van der Waals surface area (Å²) in [6.07, 6.45) is 3.35. The van der Waals surface area contributed by atoms with E-state index in [2.05, 4.69) is 26.8 Å². The maximum absolute atomic E-state index is 11.2. The molecule has 0 atom stereocenters. The van der Waals surface area contributed by atoms with Crippen LogP contribution in [0.5, 0.6) is 5.75 Å². The molecule has 0 bridgehead atoms. The maximum atomic E-state index is 11.2. The molecule has 122 valence electrons. The van der Waals surface area contributed by atoms with Crippen molar-refractivity contribution in [1.82, 2.24) is 0 Å². The predicted molar refractivity (Wildman–Crippen MR) is 85.6 cm³/mol. The third-order valence-electron chi connectivity index (χ3n) is 4.48. The molecule has 1 saturated carbocycles. The average Bonchev–Trinajstić information content (AvgIpc) is 2.46. The first-order valence-electron chi connectivity index (χ1n) is 7.89. The summed E-state index contributed by atoms with van der Waals surface area (Å²) in [6, 6.07) is 6.01. The smallest absolute Gasteiger partial charge is 0.497 e. The molecule has 0 aromatic heterocycles. The van der Waals surface area contributed by atoms with Crippen LogP contribution < -0.4 is 4.74 Å². The van der Waals surface area contributed by atoms with Gasteiger partial charge in [0.05, 0.1) is 7.11 Å². The summed E-state index contributed by atoms with van der Waals surface area (Å²) in [6.45, 7) is 6.41. The summed E-state index contributed by atoms with van der Waals surface area (Å²) in [5, 5.41) is 9.19. The molecule has 4 nitrogen and oxygen atoms in total. The van der Waals surface area contributed by atoms with Crippen LogP contribution >= 0.6 is 0 Å². The van der Waals surface area contributed by atoms with Crippen molar-refractivity contribution in [2.45, 2.75) is 63.9 Å². The van der Waals surface area contributed by atoms with Crippen LogP contribution in [0.2, 0.25) is 0 Å². The summed E-state index contributed by atoms with van der Waals surface area (Å²) in [7, 11) is 1.64. The largest absolute Gasteiger partial charge is 0.506 e. The molecule has 1 aromatic rings. The van der Waals surface area contributed by atoms with E-state index >= 15 is 0 Å². The fraction of sp³-hybridized carbons (Fsp3) is 0.611. The van der Waals surface area contributed by atoms with Crippen LogP contribution in [0.15, 0.2) is 18.2 Å². The lowest BCUT2D eigenvalue weighted by Gasteiger charge is -2.37. The van der Waals surface area contributed by atoms with E-state index in [1.54, 1.807) is 7.11 Å². The normalized spacial score (nSPS) is 17.8. The molecule has 0 amide bonds. The summed E-state index contributed by atoms with van der Waals surface area (Å²) in [5.74, 6) is 0.751. The minimum Gasteiger partial charge on any atom is -0.497 e.